The first kappa shape index (κ1) is 48.7. The fourth-order valence-electron chi connectivity index (χ4n) is 10.4. The summed E-state index contributed by atoms with van der Waals surface area (Å²) in [4.78, 5) is 56.9. The van der Waals surface area contributed by atoms with Crippen LogP contribution >= 0.6 is 11.3 Å². The van der Waals surface area contributed by atoms with E-state index in [1.807, 2.05) is 75.7 Å². The normalized spacial score (nSPS) is 20.5. The third-order valence-electron chi connectivity index (χ3n) is 14.5. The molecule has 3 amide bonds. The van der Waals surface area contributed by atoms with Gasteiger partial charge in [-0.1, -0.05) is 55.4 Å². The molecule has 3 aromatic heterocycles. The van der Waals surface area contributed by atoms with Gasteiger partial charge in [-0.25, -0.2) is 9.78 Å². The SMILES string of the molecule is Cc1ncsc1-c1ccc([C@H](C)NC(=O)[C@@H]2C[C@@H](O)CN2C(=O)[C@@H](c2cc(N3CCC(CN4CCC(OC(=O)N5CCN(c6cc(-c7ccccc7O)nnc6N)CC5)CC4)CC3)no2)C(C)C)cc1. The van der Waals surface area contributed by atoms with Crippen molar-refractivity contribution in [2.24, 2.45) is 11.8 Å². The van der Waals surface area contributed by atoms with E-state index in [1.165, 1.54) is 4.90 Å². The molecule has 4 saturated heterocycles. The van der Waals surface area contributed by atoms with Gasteiger partial charge in [-0.15, -0.1) is 21.5 Å². The number of nitrogen functional groups attached to an aromatic ring is 1. The molecule has 5 aromatic rings. The molecule has 0 bridgehead atoms. The van der Waals surface area contributed by atoms with Gasteiger partial charge in [0.2, 0.25) is 11.8 Å². The Bertz CT molecular complexity index is 2600. The highest BCUT2D eigenvalue weighted by Gasteiger charge is 2.44. The van der Waals surface area contributed by atoms with Crippen LogP contribution in [0.4, 0.5) is 22.1 Å². The van der Waals surface area contributed by atoms with Crippen molar-refractivity contribution < 1.29 is 33.9 Å². The van der Waals surface area contributed by atoms with E-state index in [0.717, 1.165) is 85.8 Å². The number of β-amino-alcohol motifs (C(OH)–C–C–N with tert-alkyl or cyclic N) is 1. The number of amides is 3. The van der Waals surface area contributed by atoms with E-state index >= 15 is 0 Å². The minimum absolute atomic E-state index is 0.0705. The summed E-state index contributed by atoms with van der Waals surface area (Å²) >= 11 is 1.59. The molecule has 2 aromatic carbocycles. The third kappa shape index (κ3) is 10.9. The van der Waals surface area contributed by atoms with Crippen LogP contribution in [-0.2, 0) is 14.3 Å². The molecule has 5 N–H and O–H groups in total. The van der Waals surface area contributed by atoms with Gasteiger partial charge in [0.1, 0.15) is 23.8 Å². The third-order valence-corrected chi connectivity index (χ3v) is 15.5. The summed E-state index contributed by atoms with van der Waals surface area (Å²) in [5, 5.41) is 37.0. The Balaban J connectivity index is 0.711. The lowest BCUT2D eigenvalue weighted by Crippen LogP contribution is -2.50. The number of likely N-dealkylation sites (tertiary alicyclic amines) is 2. The summed E-state index contributed by atoms with van der Waals surface area (Å²) in [6.45, 7) is 14.4. The highest BCUT2D eigenvalue weighted by molar-refractivity contribution is 7.13. The van der Waals surface area contributed by atoms with Gasteiger partial charge in [-0.05, 0) is 80.7 Å². The lowest BCUT2D eigenvalue weighted by Gasteiger charge is -2.39. The number of nitrogens with one attached hydrogen (secondary N) is 1. The second-order valence-electron chi connectivity index (χ2n) is 19.6. The van der Waals surface area contributed by atoms with E-state index < -0.39 is 18.1 Å². The highest BCUT2D eigenvalue weighted by atomic mass is 32.1. The maximum absolute atomic E-state index is 14.3. The molecule has 19 heteroatoms. The van der Waals surface area contributed by atoms with Gasteiger partial charge in [-0.2, -0.15) is 0 Å². The zero-order chi connectivity index (χ0) is 49.1. The summed E-state index contributed by atoms with van der Waals surface area (Å²) in [6.07, 6.45) is 2.51. The van der Waals surface area contributed by atoms with Crippen molar-refractivity contribution in [1.29, 1.82) is 0 Å². The number of ether oxygens (including phenoxy) is 1. The second-order valence-corrected chi connectivity index (χ2v) is 20.5. The van der Waals surface area contributed by atoms with E-state index in [9.17, 15) is 24.6 Å². The van der Waals surface area contributed by atoms with Crippen molar-refractivity contribution >= 4 is 46.6 Å². The number of carbonyl (C=O) groups is 3. The number of aliphatic hydroxyl groups excluding tert-OH is 1. The average Bonchev–Trinajstić information content (AvgIpc) is 4.13. The number of nitrogens with zero attached hydrogens (tertiary/aromatic N) is 9. The maximum atomic E-state index is 14.3. The van der Waals surface area contributed by atoms with Crippen LogP contribution in [-0.4, -0.2) is 147 Å². The molecule has 9 rings (SSSR count). The number of benzene rings is 2. The molecule has 4 atom stereocenters. The van der Waals surface area contributed by atoms with Crippen LogP contribution in [0.3, 0.4) is 0 Å². The summed E-state index contributed by atoms with van der Waals surface area (Å²) in [6, 6.07) is 17.6. The second kappa shape index (κ2) is 21.4. The predicted molar refractivity (Wildman–Crippen MR) is 267 cm³/mol. The number of nitrogens with two attached hydrogens (primary N) is 1. The van der Waals surface area contributed by atoms with Crippen molar-refractivity contribution in [3.63, 3.8) is 0 Å². The van der Waals surface area contributed by atoms with E-state index in [0.29, 0.717) is 60.8 Å². The van der Waals surface area contributed by atoms with Crippen molar-refractivity contribution in [3.8, 4) is 27.4 Å². The molecule has 18 nitrogen and oxygen atoms in total. The maximum Gasteiger partial charge on any atom is 0.410 e. The first-order valence-corrected chi connectivity index (χ1v) is 25.5. The van der Waals surface area contributed by atoms with Crippen molar-refractivity contribution in [3.05, 3.63) is 83.2 Å². The van der Waals surface area contributed by atoms with Gasteiger partial charge in [0.25, 0.3) is 0 Å². The van der Waals surface area contributed by atoms with Crippen molar-refractivity contribution in [1.82, 2.24) is 40.4 Å². The quantitative estimate of drug-likeness (QED) is 0.105. The van der Waals surface area contributed by atoms with E-state index in [2.05, 4.69) is 40.4 Å². The lowest BCUT2D eigenvalue weighted by atomic mass is 9.91. The van der Waals surface area contributed by atoms with Gasteiger partial charge < -0.3 is 55.0 Å². The molecular formula is C51H65N11O7S. The molecule has 0 saturated carbocycles. The number of anilines is 3. The zero-order valence-electron chi connectivity index (χ0n) is 40.4. The Hall–Kier alpha value is -6.31. The van der Waals surface area contributed by atoms with E-state index in [4.69, 9.17) is 15.0 Å². The van der Waals surface area contributed by atoms with Crippen LogP contribution in [0.25, 0.3) is 21.7 Å². The van der Waals surface area contributed by atoms with E-state index in [-0.39, 0.29) is 54.7 Å². The molecule has 0 unspecified atom stereocenters. The fourth-order valence-corrected chi connectivity index (χ4v) is 11.2. The number of phenolic OH excluding ortho intramolecular Hbond substituents is 1. The lowest BCUT2D eigenvalue weighted by molar-refractivity contribution is -0.141. The number of piperidine rings is 2. The summed E-state index contributed by atoms with van der Waals surface area (Å²) in [7, 11) is 0. The average molecular weight is 976 g/mol. The highest BCUT2D eigenvalue weighted by Crippen LogP contribution is 2.36. The van der Waals surface area contributed by atoms with Gasteiger partial charge in [-0.3, -0.25) is 9.59 Å². The van der Waals surface area contributed by atoms with Gasteiger partial charge >= 0.3 is 6.09 Å². The number of aliphatic hydroxyl groups is 1. The van der Waals surface area contributed by atoms with Crippen molar-refractivity contribution in [2.45, 2.75) is 90.0 Å². The number of para-hydroxylation sites is 1. The molecule has 70 heavy (non-hydrogen) atoms. The largest absolute Gasteiger partial charge is 0.507 e. The Kier molecular flexibility index (Phi) is 14.9. The monoisotopic (exact) mass is 975 g/mol. The first-order valence-electron chi connectivity index (χ1n) is 24.6. The molecule has 0 aliphatic carbocycles. The van der Waals surface area contributed by atoms with Crippen molar-refractivity contribution in [2.75, 3.05) is 81.0 Å². The van der Waals surface area contributed by atoms with Gasteiger partial charge in [0, 0.05) is 83.5 Å². The zero-order valence-corrected chi connectivity index (χ0v) is 41.3. The van der Waals surface area contributed by atoms with Gasteiger partial charge in [0.15, 0.2) is 17.4 Å². The van der Waals surface area contributed by atoms with Crippen LogP contribution in [0.5, 0.6) is 5.75 Å². The smallest absolute Gasteiger partial charge is 0.410 e. The molecule has 4 aliphatic heterocycles. The standard InChI is InChI=1S/C51H65N11O7S/c1-31(2)46(50(66)62-29-37(63)25-42(62)49(65)54-32(3)35-9-11-36(12-10-35)47-33(4)53-30-70-47)44-27-45(57-69-44)60-19-13-34(14-20-60)28-58-17-15-38(16-18-58)68-51(67)61-23-21-59(22-24-61)41-26-40(55-56-48(41)52)39-7-5-6-8-43(39)64/h5-12,26-27,30-32,34,37-38,42,46,63-64H,13-25,28-29H2,1-4H3,(H2,52,56)(H,54,65)/t32-,37+,42-,46+/m0/s1. The fraction of sp³-hybridized carbons (Fsp3) is 0.510. The Morgan fingerprint density at radius 3 is 2.33 bits per heavy atom. The van der Waals surface area contributed by atoms with Crippen LogP contribution < -0.4 is 20.9 Å². The number of phenols is 1. The molecule has 0 spiro atoms. The minimum Gasteiger partial charge on any atom is -0.507 e. The minimum atomic E-state index is -0.814. The Morgan fingerprint density at radius 2 is 1.64 bits per heavy atom. The molecule has 0 radical (unpaired) electrons. The van der Waals surface area contributed by atoms with Gasteiger partial charge in [0.05, 0.1) is 39.6 Å². The molecular weight excluding hydrogens is 911 g/mol. The van der Waals surface area contributed by atoms with Crippen LogP contribution in [0.15, 0.2) is 70.7 Å². The number of aryl methyl sites for hydroxylation is 1. The Morgan fingerprint density at radius 1 is 0.914 bits per heavy atom. The van der Waals surface area contributed by atoms with Crippen LogP contribution in [0.2, 0.25) is 0 Å². The molecule has 372 valence electrons. The first-order chi connectivity index (χ1) is 33.8. The van der Waals surface area contributed by atoms with E-state index in [1.54, 1.807) is 34.4 Å². The number of aromatic nitrogens is 4. The summed E-state index contributed by atoms with van der Waals surface area (Å²) < 4.78 is 11.9. The summed E-state index contributed by atoms with van der Waals surface area (Å²) in [5.74, 6) is 0.722. The number of carbonyl (C=O) groups excluding carboxylic acids is 3. The topological polar surface area (TPSA) is 220 Å². The number of hydrogen-bond donors (Lipinski definition) is 4. The number of piperazine rings is 1. The van der Waals surface area contributed by atoms with Crippen LogP contribution in [0.1, 0.15) is 81.9 Å². The number of aromatic hydroxyl groups is 1. The number of rotatable bonds is 13. The Labute approximate surface area is 412 Å². The van der Waals surface area contributed by atoms with Crippen LogP contribution in [0, 0.1) is 18.8 Å². The molecule has 7 heterocycles. The molecule has 4 fully saturated rings. The molecule has 4 aliphatic rings. The summed E-state index contributed by atoms with van der Waals surface area (Å²) in [5.41, 5.74) is 12.9. The number of hydrogen-bond acceptors (Lipinski definition) is 16. The number of thiazole rings is 1. The predicted octanol–water partition coefficient (Wildman–Crippen LogP) is 6.07.